The van der Waals surface area contributed by atoms with E-state index in [1.54, 1.807) is 24.5 Å². The highest BCUT2D eigenvalue weighted by Gasteiger charge is 2.24. The Kier molecular flexibility index (Phi) is 4.97. The topological polar surface area (TPSA) is 42.6 Å². The van der Waals surface area contributed by atoms with E-state index in [4.69, 9.17) is 0 Å². The van der Waals surface area contributed by atoms with Gasteiger partial charge in [0.1, 0.15) is 6.54 Å². The Bertz CT molecular complexity index is 1190. The maximum absolute atomic E-state index is 12.7. The minimum Gasteiger partial charge on any atom is -0.341 e. The zero-order chi connectivity index (χ0) is 20.5. The lowest BCUT2D eigenvalue weighted by molar-refractivity contribution is -0.917. The number of quaternary nitrogens is 1. The van der Waals surface area contributed by atoms with Crippen LogP contribution < -0.4 is 4.90 Å². The van der Waals surface area contributed by atoms with Gasteiger partial charge >= 0.3 is 0 Å². The molecule has 1 saturated heterocycles. The smallest absolute Gasteiger partial charge is 0.254 e. The fraction of sp³-hybridized carbons (Fsp3) is 0.280. The van der Waals surface area contributed by atoms with Crippen LogP contribution in [-0.2, 0) is 13.1 Å². The number of aromatic nitrogens is 2. The molecule has 0 saturated carbocycles. The number of carbonyl (C=O) groups is 1. The molecule has 30 heavy (non-hydrogen) atoms. The molecule has 152 valence electrons. The van der Waals surface area contributed by atoms with Crippen LogP contribution in [0.5, 0.6) is 0 Å². The van der Waals surface area contributed by atoms with Gasteiger partial charge in [0.25, 0.3) is 5.91 Å². The van der Waals surface area contributed by atoms with Gasteiger partial charge < -0.3 is 14.4 Å². The molecule has 1 N–H and O–H groups in total. The Balaban J connectivity index is 1.31. The first-order valence-electron chi connectivity index (χ1n) is 10.8. The second kappa shape index (κ2) is 7.92. The lowest BCUT2D eigenvalue weighted by Gasteiger charge is -2.32. The zero-order valence-corrected chi connectivity index (χ0v) is 17.3. The molecule has 2 aromatic carbocycles. The van der Waals surface area contributed by atoms with E-state index in [0.29, 0.717) is 0 Å². The van der Waals surface area contributed by atoms with Crippen LogP contribution in [0.4, 0.5) is 0 Å². The van der Waals surface area contributed by atoms with Crippen molar-refractivity contribution in [2.45, 2.75) is 20.0 Å². The quantitative estimate of drug-likeness (QED) is 0.573. The molecular weight excluding hydrogens is 372 g/mol. The van der Waals surface area contributed by atoms with E-state index in [-0.39, 0.29) is 5.91 Å². The van der Waals surface area contributed by atoms with Crippen LogP contribution in [0, 0.1) is 0 Å². The maximum atomic E-state index is 12.7. The number of amides is 1. The lowest BCUT2D eigenvalue weighted by atomic mass is 10.1. The number of pyridine rings is 1. The second-order valence-corrected chi connectivity index (χ2v) is 8.07. The van der Waals surface area contributed by atoms with Crippen molar-refractivity contribution in [1.82, 2.24) is 14.5 Å². The molecule has 1 amide bonds. The molecule has 5 heteroatoms. The normalized spacial score (nSPS) is 15.2. The molecular formula is C25H27N4O+. The summed E-state index contributed by atoms with van der Waals surface area (Å²) in [6.07, 6.45) is 3.36. The molecule has 5 rings (SSSR count). The highest BCUT2D eigenvalue weighted by atomic mass is 16.2. The van der Waals surface area contributed by atoms with Gasteiger partial charge in [0, 0.05) is 51.9 Å². The predicted molar refractivity (Wildman–Crippen MR) is 120 cm³/mol. The van der Waals surface area contributed by atoms with Gasteiger partial charge in [-0.05, 0) is 37.3 Å². The Hall–Kier alpha value is -3.18. The summed E-state index contributed by atoms with van der Waals surface area (Å²) in [7, 11) is 0. The third kappa shape index (κ3) is 3.35. The number of para-hydroxylation sites is 1. The minimum absolute atomic E-state index is 0.116. The molecule has 0 radical (unpaired) electrons. The number of fused-ring (bicyclic) bond motifs is 3. The molecule has 1 aliphatic heterocycles. The summed E-state index contributed by atoms with van der Waals surface area (Å²) in [5, 5.41) is 2.68. The van der Waals surface area contributed by atoms with Gasteiger partial charge in [-0.1, -0.05) is 24.3 Å². The molecule has 0 spiro atoms. The standard InChI is InChI=1S/C25H26N4O/c1-2-29-23-6-4-3-5-21(23)22-17-19(7-8-24(22)29)18-27-13-15-28(16-14-27)25(30)20-9-11-26-12-10-20/h3-12,17H,2,13-16,18H2,1H3/p+1. The Morgan fingerprint density at radius 1 is 0.967 bits per heavy atom. The number of nitrogens with zero attached hydrogens (tertiary/aromatic N) is 3. The number of rotatable bonds is 4. The van der Waals surface area contributed by atoms with Crippen LogP contribution in [-0.4, -0.2) is 46.5 Å². The van der Waals surface area contributed by atoms with Crippen LogP contribution in [0.2, 0.25) is 0 Å². The molecule has 2 aromatic heterocycles. The van der Waals surface area contributed by atoms with Gasteiger partial charge in [0.15, 0.2) is 0 Å². The molecule has 4 aromatic rings. The first-order valence-corrected chi connectivity index (χ1v) is 10.8. The predicted octanol–water partition coefficient (Wildman–Crippen LogP) is 2.75. The van der Waals surface area contributed by atoms with Gasteiger partial charge in [-0.15, -0.1) is 0 Å². The van der Waals surface area contributed by atoms with Crippen LogP contribution in [0.3, 0.4) is 0 Å². The SMILES string of the molecule is CCn1c2ccccc2c2cc(C[NH+]3CCN(C(=O)c4ccncc4)CC3)ccc21. The van der Waals surface area contributed by atoms with Crippen molar-refractivity contribution >= 4 is 27.7 Å². The average molecular weight is 400 g/mol. The van der Waals surface area contributed by atoms with Gasteiger partial charge in [-0.3, -0.25) is 9.78 Å². The lowest BCUT2D eigenvalue weighted by Crippen LogP contribution is -3.13. The molecule has 5 nitrogen and oxygen atoms in total. The highest BCUT2D eigenvalue weighted by molar-refractivity contribution is 6.08. The second-order valence-electron chi connectivity index (χ2n) is 8.07. The zero-order valence-electron chi connectivity index (χ0n) is 17.3. The van der Waals surface area contributed by atoms with E-state index in [1.807, 2.05) is 4.90 Å². The van der Waals surface area contributed by atoms with E-state index >= 15 is 0 Å². The molecule has 1 fully saturated rings. The van der Waals surface area contributed by atoms with E-state index in [9.17, 15) is 4.79 Å². The van der Waals surface area contributed by atoms with Crippen LogP contribution >= 0.6 is 0 Å². The summed E-state index contributed by atoms with van der Waals surface area (Å²) in [4.78, 5) is 20.2. The first kappa shape index (κ1) is 18.8. The van der Waals surface area contributed by atoms with E-state index < -0.39 is 0 Å². The Morgan fingerprint density at radius 2 is 1.70 bits per heavy atom. The van der Waals surface area contributed by atoms with E-state index in [0.717, 1.165) is 44.8 Å². The molecule has 0 aliphatic carbocycles. The summed E-state index contributed by atoms with van der Waals surface area (Å²) in [6.45, 7) is 7.73. The van der Waals surface area contributed by atoms with Crippen molar-refractivity contribution in [2.75, 3.05) is 26.2 Å². The number of carbonyl (C=O) groups excluding carboxylic acids is 1. The highest BCUT2D eigenvalue weighted by Crippen LogP contribution is 2.29. The summed E-state index contributed by atoms with van der Waals surface area (Å²) >= 11 is 0. The van der Waals surface area contributed by atoms with Crippen molar-refractivity contribution < 1.29 is 9.69 Å². The number of nitrogens with one attached hydrogen (secondary N) is 1. The van der Waals surface area contributed by atoms with Crippen molar-refractivity contribution in [3.8, 4) is 0 Å². The summed E-state index contributed by atoms with van der Waals surface area (Å²) in [5.41, 5.74) is 4.71. The number of benzene rings is 2. The molecule has 0 unspecified atom stereocenters. The van der Waals surface area contributed by atoms with Crippen molar-refractivity contribution in [3.05, 3.63) is 78.1 Å². The van der Waals surface area contributed by atoms with E-state index in [2.05, 4.69) is 58.9 Å². The van der Waals surface area contributed by atoms with Crippen molar-refractivity contribution in [2.24, 2.45) is 0 Å². The summed E-state index contributed by atoms with van der Waals surface area (Å²) < 4.78 is 2.39. The maximum Gasteiger partial charge on any atom is 0.254 e. The van der Waals surface area contributed by atoms with Crippen LogP contribution in [0.25, 0.3) is 21.8 Å². The molecule has 0 bridgehead atoms. The van der Waals surface area contributed by atoms with E-state index in [1.165, 1.54) is 32.3 Å². The average Bonchev–Trinajstić information content (AvgIpc) is 3.13. The van der Waals surface area contributed by atoms with Gasteiger partial charge in [-0.25, -0.2) is 0 Å². The summed E-state index contributed by atoms with van der Waals surface area (Å²) in [6, 6.07) is 19.2. The minimum atomic E-state index is 0.116. The number of hydrogen-bond donors (Lipinski definition) is 1. The molecule has 3 heterocycles. The fourth-order valence-electron chi connectivity index (χ4n) is 4.72. The molecule has 0 atom stereocenters. The number of hydrogen-bond acceptors (Lipinski definition) is 2. The van der Waals surface area contributed by atoms with Crippen molar-refractivity contribution in [1.29, 1.82) is 0 Å². The molecule has 1 aliphatic rings. The van der Waals surface area contributed by atoms with Crippen molar-refractivity contribution in [3.63, 3.8) is 0 Å². The largest absolute Gasteiger partial charge is 0.341 e. The third-order valence-electron chi connectivity index (χ3n) is 6.29. The monoisotopic (exact) mass is 399 g/mol. The summed E-state index contributed by atoms with van der Waals surface area (Å²) in [5.74, 6) is 0.116. The van der Waals surface area contributed by atoms with Gasteiger partial charge in [-0.2, -0.15) is 0 Å². The van der Waals surface area contributed by atoms with Gasteiger partial charge in [0.2, 0.25) is 0 Å². The Labute approximate surface area is 176 Å². The number of aryl methyl sites for hydroxylation is 1. The van der Waals surface area contributed by atoms with Crippen LogP contribution in [0.15, 0.2) is 67.0 Å². The fourth-order valence-corrected chi connectivity index (χ4v) is 4.72. The van der Waals surface area contributed by atoms with Gasteiger partial charge in [0.05, 0.1) is 26.2 Å². The first-order chi connectivity index (χ1) is 14.7. The third-order valence-corrected chi connectivity index (χ3v) is 6.29. The Morgan fingerprint density at radius 3 is 2.47 bits per heavy atom. The van der Waals surface area contributed by atoms with Crippen LogP contribution in [0.1, 0.15) is 22.8 Å². The number of piperazine rings is 1.